The molecule has 0 unspecified atom stereocenters. The second-order valence-corrected chi connectivity index (χ2v) is 6.98. The average Bonchev–Trinajstić information content (AvgIpc) is 3.06. The molecule has 1 amide bonds. The van der Waals surface area contributed by atoms with Gasteiger partial charge in [-0.25, -0.2) is 4.79 Å². The number of aromatic nitrogens is 1. The Morgan fingerprint density at radius 2 is 2.00 bits per heavy atom. The van der Waals surface area contributed by atoms with E-state index in [1.54, 1.807) is 24.3 Å². The van der Waals surface area contributed by atoms with E-state index in [0.29, 0.717) is 29.7 Å². The number of aliphatic carboxylic acids is 1. The van der Waals surface area contributed by atoms with Crippen LogP contribution in [0.1, 0.15) is 24.1 Å². The minimum absolute atomic E-state index is 0.0411. The summed E-state index contributed by atoms with van der Waals surface area (Å²) in [4.78, 5) is 36.9. The third kappa shape index (κ3) is 4.74. The number of nitrogens with one attached hydrogen (secondary N) is 2. The number of carbonyl (C=O) groups excluding carboxylic acids is 1. The lowest BCUT2D eigenvalue weighted by Crippen LogP contribution is -2.23. The van der Waals surface area contributed by atoms with Crippen LogP contribution < -0.4 is 15.6 Å². The van der Waals surface area contributed by atoms with Gasteiger partial charge in [0.2, 0.25) is 5.91 Å². The largest absolute Gasteiger partial charge is 0.480 e. The van der Waals surface area contributed by atoms with Crippen LogP contribution in [0.15, 0.2) is 41.2 Å². The van der Waals surface area contributed by atoms with Crippen molar-refractivity contribution in [3.05, 3.63) is 68.1 Å². The van der Waals surface area contributed by atoms with Crippen molar-refractivity contribution in [3.8, 4) is 5.75 Å². The molecule has 0 aliphatic carbocycles. The quantitative estimate of drug-likeness (QED) is 0.662. The summed E-state index contributed by atoms with van der Waals surface area (Å²) in [7, 11) is 0. The van der Waals surface area contributed by atoms with E-state index in [-0.39, 0.29) is 27.7 Å². The zero-order valence-corrected chi connectivity index (χ0v) is 16.0. The molecule has 0 bridgehead atoms. The Morgan fingerprint density at radius 1 is 1.21 bits per heavy atom. The van der Waals surface area contributed by atoms with Gasteiger partial charge >= 0.3 is 5.97 Å². The molecule has 1 aromatic carbocycles. The Morgan fingerprint density at radius 3 is 2.61 bits per heavy atom. The highest BCUT2D eigenvalue weighted by molar-refractivity contribution is 6.32. The third-order valence-corrected chi connectivity index (χ3v) is 4.74. The highest BCUT2D eigenvalue weighted by Gasteiger charge is 2.21. The van der Waals surface area contributed by atoms with E-state index in [1.165, 1.54) is 6.07 Å². The number of hydrogen-bond acceptors (Lipinski definition) is 4. The van der Waals surface area contributed by atoms with Gasteiger partial charge in [0.15, 0.2) is 6.61 Å². The van der Waals surface area contributed by atoms with Crippen molar-refractivity contribution in [2.45, 2.75) is 18.9 Å². The lowest BCUT2D eigenvalue weighted by atomic mass is 9.99. The minimum Gasteiger partial charge on any atom is -0.480 e. The standard InChI is InChI=1S/C19H16Cl2N2O5/c20-13-3-4-15(23-19(13)27)12(8-11-2-6-17(24)22-11)10-1-5-16(14(21)7-10)28-9-18(25)26/h1,3-5,7-8,11H,2,6,9H2,(H,22,24)(H,23,27)(H,25,26)/b12-8+/t11-/m1/s1. The molecule has 2 aromatic rings. The molecular weight excluding hydrogens is 407 g/mol. The predicted molar refractivity (Wildman–Crippen MR) is 105 cm³/mol. The normalized spacial score (nSPS) is 16.7. The second-order valence-electron chi connectivity index (χ2n) is 6.17. The van der Waals surface area contributed by atoms with Gasteiger partial charge in [-0.05, 0) is 36.2 Å². The van der Waals surface area contributed by atoms with Crippen LogP contribution in [0.2, 0.25) is 10.0 Å². The Labute approximate surface area is 169 Å². The SMILES string of the molecule is O=C(O)COc1ccc(/C(=C\[C@H]2CCC(=O)N2)c2ccc(Cl)c(=O)[nH]2)cc1Cl. The number of carboxylic acid groups (broad SMARTS) is 1. The molecule has 28 heavy (non-hydrogen) atoms. The number of rotatable bonds is 6. The summed E-state index contributed by atoms with van der Waals surface area (Å²) >= 11 is 12.1. The number of carbonyl (C=O) groups is 2. The number of aromatic amines is 1. The van der Waals surface area contributed by atoms with Crippen molar-refractivity contribution in [2.24, 2.45) is 0 Å². The molecule has 0 saturated carbocycles. The van der Waals surface area contributed by atoms with Crippen molar-refractivity contribution < 1.29 is 19.4 Å². The Bertz CT molecular complexity index is 1020. The minimum atomic E-state index is -1.11. The Balaban J connectivity index is 2.01. The predicted octanol–water partition coefficient (Wildman–Crippen LogP) is 2.86. The fourth-order valence-corrected chi connectivity index (χ4v) is 3.19. The van der Waals surface area contributed by atoms with E-state index >= 15 is 0 Å². The molecule has 1 aliphatic rings. The maximum atomic E-state index is 11.9. The number of carboxylic acids is 1. The Kier molecular flexibility index (Phi) is 6.06. The van der Waals surface area contributed by atoms with Crippen molar-refractivity contribution in [1.29, 1.82) is 0 Å². The molecule has 2 heterocycles. The number of amides is 1. The summed E-state index contributed by atoms with van der Waals surface area (Å²) in [6, 6.07) is 7.81. The monoisotopic (exact) mass is 422 g/mol. The molecule has 1 aromatic heterocycles. The molecule has 3 rings (SSSR count). The van der Waals surface area contributed by atoms with Gasteiger partial charge in [-0.15, -0.1) is 0 Å². The van der Waals surface area contributed by atoms with Crippen LogP contribution in [0, 0.1) is 0 Å². The number of halogens is 2. The highest BCUT2D eigenvalue weighted by atomic mass is 35.5. The highest BCUT2D eigenvalue weighted by Crippen LogP contribution is 2.31. The first kappa shape index (κ1) is 20.0. The van der Waals surface area contributed by atoms with Gasteiger partial charge in [0.1, 0.15) is 10.8 Å². The van der Waals surface area contributed by atoms with E-state index in [2.05, 4.69) is 10.3 Å². The number of H-pyrrole nitrogens is 1. The van der Waals surface area contributed by atoms with Crippen LogP contribution in [0.4, 0.5) is 0 Å². The summed E-state index contributed by atoms with van der Waals surface area (Å²) in [5.41, 5.74) is 1.37. The third-order valence-electron chi connectivity index (χ3n) is 4.14. The van der Waals surface area contributed by atoms with Crippen molar-refractivity contribution in [3.63, 3.8) is 0 Å². The number of pyridine rings is 1. The number of hydrogen-bond donors (Lipinski definition) is 3. The van der Waals surface area contributed by atoms with Gasteiger partial charge in [0.05, 0.1) is 5.02 Å². The molecule has 7 nitrogen and oxygen atoms in total. The summed E-state index contributed by atoms with van der Waals surface area (Å²) in [6.45, 7) is -0.514. The first-order valence-corrected chi connectivity index (χ1v) is 9.14. The van der Waals surface area contributed by atoms with Gasteiger partial charge in [0, 0.05) is 23.7 Å². The van der Waals surface area contributed by atoms with Crippen LogP contribution in [0.25, 0.3) is 5.57 Å². The van der Waals surface area contributed by atoms with Gasteiger partial charge in [-0.2, -0.15) is 0 Å². The number of benzene rings is 1. The lowest BCUT2D eigenvalue weighted by Gasteiger charge is -2.14. The molecule has 0 spiro atoms. The van der Waals surface area contributed by atoms with E-state index in [4.69, 9.17) is 33.0 Å². The van der Waals surface area contributed by atoms with Crippen molar-refractivity contribution in [2.75, 3.05) is 6.61 Å². The van der Waals surface area contributed by atoms with E-state index in [1.807, 2.05) is 6.08 Å². The van der Waals surface area contributed by atoms with E-state index < -0.39 is 18.1 Å². The fraction of sp³-hybridized carbons (Fsp3) is 0.211. The van der Waals surface area contributed by atoms with Crippen molar-refractivity contribution in [1.82, 2.24) is 10.3 Å². The zero-order valence-electron chi connectivity index (χ0n) is 14.5. The maximum absolute atomic E-state index is 11.9. The van der Waals surface area contributed by atoms with Gasteiger partial charge in [0.25, 0.3) is 5.56 Å². The van der Waals surface area contributed by atoms with Crippen LogP contribution >= 0.6 is 23.2 Å². The van der Waals surface area contributed by atoms with E-state index in [0.717, 1.165) is 0 Å². The summed E-state index contributed by atoms with van der Waals surface area (Å²) in [6.07, 6.45) is 2.90. The summed E-state index contributed by atoms with van der Waals surface area (Å²) in [5.74, 6) is -0.928. The van der Waals surface area contributed by atoms with Gasteiger partial charge in [-0.1, -0.05) is 35.3 Å². The molecule has 3 N–H and O–H groups in total. The van der Waals surface area contributed by atoms with Crippen LogP contribution in [-0.4, -0.2) is 34.6 Å². The van der Waals surface area contributed by atoms with Gasteiger partial charge < -0.3 is 20.1 Å². The fourth-order valence-electron chi connectivity index (χ4n) is 2.84. The first-order chi connectivity index (χ1) is 13.3. The molecule has 9 heteroatoms. The van der Waals surface area contributed by atoms with Gasteiger partial charge in [-0.3, -0.25) is 9.59 Å². The van der Waals surface area contributed by atoms with Crippen LogP contribution in [0.3, 0.4) is 0 Å². The molecular formula is C19H16Cl2N2O5. The molecule has 1 atom stereocenters. The molecule has 1 fully saturated rings. The topological polar surface area (TPSA) is 108 Å². The molecule has 0 radical (unpaired) electrons. The van der Waals surface area contributed by atoms with E-state index in [9.17, 15) is 14.4 Å². The molecule has 1 aliphatic heterocycles. The Hall–Kier alpha value is -2.77. The second kappa shape index (κ2) is 8.50. The first-order valence-electron chi connectivity index (χ1n) is 8.38. The smallest absolute Gasteiger partial charge is 0.341 e. The lowest BCUT2D eigenvalue weighted by molar-refractivity contribution is -0.139. The molecule has 1 saturated heterocycles. The average molecular weight is 423 g/mol. The van der Waals surface area contributed by atoms with Crippen molar-refractivity contribution >= 4 is 40.7 Å². The summed E-state index contributed by atoms with van der Waals surface area (Å²) < 4.78 is 5.14. The number of ether oxygens (including phenoxy) is 1. The zero-order chi connectivity index (χ0) is 20.3. The molecule has 146 valence electrons. The maximum Gasteiger partial charge on any atom is 0.341 e. The van der Waals surface area contributed by atoms with Crippen LogP contribution in [-0.2, 0) is 9.59 Å². The van der Waals surface area contributed by atoms with Crippen LogP contribution in [0.5, 0.6) is 5.75 Å². The summed E-state index contributed by atoms with van der Waals surface area (Å²) in [5, 5.41) is 11.9.